The van der Waals surface area contributed by atoms with Crippen molar-refractivity contribution < 1.29 is 52.3 Å². The van der Waals surface area contributed by atoms with Gasteiger partial charge in [-0.15, -0.1) is 0 Å². The topological polar surface area (TPSA) is 133 Å². The minimum atomic E-state index is -1.40. The van der Waals surface area contributed by atoms with Gasteiger partial charge < -0.3 is 33.2 Å². The van der Waals surface area contributed by atoms with Gasteiger partial charge >= 0.3 is 23.9 Å². The lowest BCUT2D eigenvalue weighted by Crippen LogP contribution is -2.63. The van der Waals surface area contributed by atoms with Gasteiger partial charge in [0.2, 0.25) is 12.4 Å². The first-order valence-electron chi connectivity index (χ1n) is 12.0. The normalized spacial score (nSPS) is 24.4. The molecule has 0 amide bonds. The van der Waals surface area contributed by atoms with Crippen LogP contribution in [0.25, 0.3) is 5.76 Å². The van der Waals surface area contributed by atoms with Crippen LogP contribution in [0.15, 0.2) is 23.8 Å². The average molecular weight is 555 g/mol. The van der Waals surface area contributed by atoms with Crippen molar-refractivity contribution in [3.63, 3.8) is 0 Å². The van der Waals surface area contributed by atoms with Gasteiger partial charge in [0.05, 0.1) is 12.1 Å². The SMILES string of the molecule is COC(=C1CCC1)c1cccc(OC2OC(COC(C)=O)C(OC(C)=O)C(OC(C)=O)C2OC(C)=O)c1Cl. The average Bonchev–Trinajstić information content (AvgIpc) is 2.79. The van der Waals surface area contributed by atoms with E-state index in [-0.39, 0.29) is 17.4 Å². The highest BCUT2D eigenvalue weighted by molar-refractivity contribution is 6.33. The molecule has 11 nitrogen and oxygen atoms in total. The molecule has 1 aliphatic heterocycles. The van der Waals surface area contributed by atoms with Gasteiger partial charge in [0.25, 0.3) is 0 Å². The van der Waals surface area contributed by atoms with Gasteiger partial charge in [0, 0.05) is 33.3 Å². The number of carbonyl (C=O) groups excluding carboxylic acids is 4. The molecule has 0 spiro atoms. The summed E-state index contributed by atoms with van der Waals surface area (Å²) in [5, 5.41) is 0.219. The van der Waals surface area contributed by atoms with E-state index in [1.807, 2.05) is 0 Å². The van der Waals surface area contributed by atoms with Crippen molar-refractivity contribution in [1.29, 1.82) is 0 Å². The van der Waals surface area contributed by atoms with Crippen molar-refractivity contribution in [3.05, 3.63) is 34.4 Å². The second kappa shape index (κ2) is 13.0. The van der Waals surface area contributed by atoms with Gasteiger partial charge in [-0.2, -0.15) is 0 Å². The van der Waals surface area contributed by atoms with Crippen LogP contribution < -0.4 is 4.74 Å². The minimum absolute atomic E-state index is 0.166. The number of halogens is 1. The van der Waals surface area contributed by atoms with Gasteiger partial charge in [-0.25, -0.2) is 0 Å². The van der Waals surface area contributed by atoms with Gasteiger partial charge in [-0.1, -0.05) is 17.7 Å². The summed E-state index contributed by atoms with van der Waals surface area (Å²) in [5.41, 5.74) is 1.73. The molecule has 0 bridgehead atoms. The Bertz CT molecular complexity index is 1090. The van der Waals surface area contributed by atoms with Gasteiger partial charge in [-0.3, -0.25) is 19.2 Å². The summed E-state index contributed by atoms with van der Waals surface area (Å²) in [6.45, 7) is 4.26. The van der Waals surface area contributed by atoms with Crippen LogP contribution in [0.5, 0.6) is 5.75 Å². The third kappa shape index (κ3) is 7.16. The Morgan fingerprint density at radius 3 is 2.03 bits per heavy atom. The van der Waals surface area contributed by atoms with E-state index in [0.29, 0.717) is 11.3 Å². The van der Waals surface area contributed by atoms with E-state index in [9.17, 15) is 19.2 Å². The zero-order chi connectivity index (χ0) is 28.0. The summed E-state index contributed by atoms with van der Waals surface area (Å²) in [4.78, 5) is 47.4. The fourth-order valence-electron chi connectivity index (χ4n) is 4.21. The number of esters is 4. The number of allylic oxidation sites excluding steroid dienone is 1. The van der Waals surface area contributed by atoms with Crippen molar-refractivity contribution in [2.75, 3.05) is 13.7 Å². The highest BCUT2D eigenvalue weighted by atomic mass is 35.5. The fourth-order valence-corrected chi connectivity index (χ4v) is 4.47. The lowest BCUT2D eigenvalue weighted by Gasteiger charge is -2.44. The van der Waals surface area contributed by atoms with Crippen LogP contribution in [0.3, 0.4) is 0 Å². The zero-order valence-electron chi connectivity index (χ0n) is 21.8. The van der Waals surface area contributed by atoms with E-state index in [2.05, 4.69) is 0 Å². The number of hydrogen-bond acceptors (Lipinski definition) is 11. The van der Waals surface area contributed by atoms with E-state index in [1.54, 1.807) is 25.3 Å². The monoisotopic (exact) mass is 554 g/mol. The number of methoxy groups -OCH3 is 1. The molecule has 0 aromatic heterocycles. The van der Waals surface area contributed by atoms with Crippen molar-refractivity contribution in [3.8, 4) is 5.75 Å². The Kier molecular flexibility index (Phi) is 9.98. The first-order chi connectivity index (χ1) is 18.0. The zero-order valence-corrected chi connectivity index (χ0v) is 22.6. The third-order valence-electron chi connectivity index (χ3n) is 5.88. The molecule has 2 aliphatic rings. The molecule has 1 aromatic carbocycles. The summed E-state index contributed by atoms with van der Waals surface area (Å²) >= 11 is 6.71. The van der Waals surface area contributed by atoms with Crippen molar-refractivity contribution >= 4 is 41.2 Å². The summed E-state index contributed by atoms with van der Waals surface area (Å²) < 4.78 is 39.0. The molecule has 1 heterocycles. The number of rotatable bonds is 9. The van der Waals surface area contributed by atoms with Crippen LogP contribution in [0.1, 0.15) is 52.5 Å². The molecular formula is C26H31ClO11. The molecule has 1 saturated heterocycles. The first kappa shape index (κ1) is 29.2. The molecule has 1 aliphatic carbocycles. The van der Waals surface area contributed by atoms with E-state index < -0.39 is 54.6 Å². The Morgan fingerprint density at radius 1 is 0.895 bits per heavy atom. The maximum atomic E-state index is 12.0. The molecule has 0 radical (unpaired) electrons. The Labute approximate surface area is 225 Å². The third-order valence-corrected chi connectivity index (χ3v) is 6.27. The molecule has 12 heteroatoms. The Balaban J connectivity index is 2.02. The van der Waals surface area contributed by atoms with E-state index in [0.717, 1.165) is 45.6 Å². The number of carbonyl (C=O) groups is 4. The highest BCUT2D eigenvalue weighted by Gasteiger charge is 2.53. The van der Waals surface area contributed by atoms with Crippen LogP contribution in [0.4, 0.5) is 0 Å². The van der Waals surface area contributed by atoms with Crippen LogP contribution in [-0.2, 0) is 47.6 Å². The molecule has 2 fully saturated rings. The number of ether oxygens (including phenoxy) is 7. The van der Waals surface area contributed by atoms with Gasteiger partial charge in [0.15, 0.2) is 12.2 Å². The maximum Gasteiger partial charge on any atom is 0.303 e. The first-order valence-corrected chi connectivity index (χ1v) is 12.4. The van der Waals surface area contributed by atoms with Crippen LogP contribution in [-0.4, -0.2) is 68.3 Å². The van der Waals surface area contributed by atoms with Crippen molar-refractivity contribution in [1.82, 2.24) is 0 Å². The van der Waals surface area contributed by atoms with Crippen LogP contribution in [0, 0.1) is 0 Å². The quantitative estimate of drug-likeness (QED) is 0.253. The summed E-state index contributed by atoms with van der Waals surface area (Å²) in [6.07, 6.45) is -3.71. The lowest BCUT2D eigenvalue weighted by molar-refractivity contribution is -0.288. The number of hydrogen-bond donors (Lipinski definition) is 0. The van der Waals surface area contributed by atoms with E-state index in [4.69, 9.17) is 44.8 Å². The second-order valence-corrected chi connectivity index (χ2v) is 9.17. The maximum absolute atomic E-state index is 12.0. The van der Waals surface area contributed by atoms with Crippen molar-refractivity contribution in [2.45, 2.75) is 77.7 Å². The van der Waals surface area contributed by atoms with Crippen molar-refractivity contribution in [2.24, 2.45) is 0 Å². The molecule has 208 valence electrons. The smallest absolute Gasteiger partial charge is 0.303 e. The number of benzene rings is 1. The predicted molar refractivity (Wildman–Crippen MR) is 132 cm³/mol. The molecule has 0 N–H and O–H groups in total. The summed E-state index contributed by atoms with van der Waals surface area (Å²) in [6, 6.07) is 5.07. The predicted octanol–water partition coefficient (Wildman–Crippen LogP) is 3.34. The van der Waals surface area contributed by atoms with E-state index in [1.165, 1.54) is 6.92 Å². The Morgan fingerprint density at radius 2 is 1.50 bits per heavy atom. The van der Waals surface area contributed by atoms with Crippen LogP contribution >= 0.6 is 11.6 Å². The molecule has 38 heavy (non-hydrogen) atoms. The van der Waals surface area contributed by atoms with E-state index >= 15 is 0 Å². The standard InChI is InChI=1S/C26H31ClO11/c1-13(28)33-12-20-23(34-14(2)29)24(35-15(3)30)25(36-16(4)31)26(38-20)37-19-11-7-10-18(21(19)27)22(32-5)17-8-6-9-17/h7,10-11,20,23-26H,6,8-9,12H2,1-5H3. The summed E-state index contributed by atoms with van der Waals surface area (Å²) in [5.74, 6) is -2.01. The van der Waals surface area contributed by atoms with Gasteiger partial charge in [0.1, 0.15) is 24.2 Å². The lowest BCUT2D eigenvalue weighted by atomic mass is 9.89. The molecule has 5 atom stereocenters. The molecular weight excluding hydrogens is 524 g/mol. The molecule has 1 aromatic rings. The highest BCUT2D eigenvalue weighted by Crippen LogP contribution is 2.40. The van der Waals surface area contributed by atoms with Gasteiger partial charge in [-0.05, 0) is 37.0 Å². The summed E-state index contributed by atoms with van der Waals surface area (Å²) in [7, 11) is 1.56. The minimum Gasteiger partial charge on any atom is -0.496 e. The molecule has 3 rings (SSSR count). The van der Waals surface area contributed by atoms with Crippen LogP contribution in [0.2, 0.25) is 5.02 Å². The largest absolute Gasteiger partial charge is 0.496 e. The molecule has 1 saturated carbocycles. The second-order valence-electron chi connectivity index (χ2n) is 8.79. The fraction of sp³-hybridized carbons (Fsp3) is 0.538. The Hall–Kier alpha value is -3.31. The molecule has 5 unspecified atom stereocenters.